The van der Waals surface area contributed by atoms with E-state index in [1.165, 1.54) is 16.7 Å². The molecular weight excluding hydrogens is 525 g/mol. The second-order valence-corrected chi connectivity index (χ2v) is 8.24. The fraction of sp³-hybridized carbons (Fsp3) is 0.0435. The Labute approximate surface area is 195 Å². The van der Waals surface area contributed by atoms with E-state index in [9.17, 15) is 14.9 Å². The lowest BCUT2D eigenvalue weighted by Gasteiger charge is -2.11. The summed E-state index contributed by atoms with van der Waals surface area (Å²) in [4.78, 5) is 28.6. The lowest BCUT2D eigenvalue weighted by molar-refractivity contribution is -0.384. The molecule has 0 saturated heterocycles. The van der Waals surface area contributed by atoms with E-state index in [0.717, 1.165) is 9.13 Å². The van der Waals surface area contributed by atoms with Crippen molar-refractivity contribution >= 4 is 51.3 Å². The zero-order chi connectivity index (χ0) is 22.2. The zero-order valence-corrected chi connectivity index (χ0v) is 18.6. The molecule has 2 heterocycles. The van der Waals surface area contributed by atoms with Crippen LogP contribution in [0.4, 0.5) is 5.69 Å². The first-order valence-corrected chi connectivity index (χ1v) is 10.6. The van der Waals surface area contributed by atoms with Gasteiger partial charge in [-0.05, 0) is 76.7 Å². The first kappa shape index (κ1) is 20.2. The third-order valence-corrected chi connectivity index (χ3v) is 5.67. The molecule has 158 valence electrons. The van der Waals surface area contributed by atoms with Gasteiger partial charge in [-0.15, -0.1) is 0 Å². The fourth-order valence-electron chi connectivity index (χ4n) is 3.45. The Morgan fingerprint density at radius 1 is 1.00 bits per heavy atom. The summed E-state index contributed by atoms with van der Waals surface area (Å²) in [6, 6.07) is 16.8. The van der Waals surface area contributed by atoms with Crippen LogP contribution in [0.2, 0.25) is 0 Å². The van der Waals surface area contributed by atoms with E-state index >= 15 is 0 Å². The molecule has 8 nitrogen and oxygen atoms in total. The molecule has 0 atom stereocenters. The molecule has 0 saturated carbocycles. The lowest BCUT2D eigenvalue weighted by Crippen LogP contribution is -2.22. The van der Waals surface area contributed by atoms with Crippen LogP contribution < -0.4 is 15.0 Å². The van der Waals surface area contributed by atoms with Crippen LogP contribution in [0, 0.1) is 13.7 Å². The number of aromatic nitrogens is 2. The Balaban J connectivity index is 1.66. The van der Waals surface area contributed by atoms with Gasteiger partial charge in [-0.3, -0.25) is 19.5 Å². The number of rotatable bonds is 4. The molecule has 32 heavy (non-hydrogen) atoms. The maximum Gasteiger partial charge on any atom is 0.269 e. The van der Waals surface area contributed by atoms with Gasteiger partial charge in [0.2, 0.25) is 6.79 Å². The number of non-ortho nitro benzene ring substituents is 1. The van der Waals surface area contributed by atoms with Crippen molar-refractivity contribution in [3.05, 3.63) is 96.1 Å². The van der Waals surface area contributed by atoms with Gasteiger partial charge in [0.05, 0.1) is 21.5 Å². The van der Waals surface area contributed by atoms with Crippen molar-refractivity contribution in [2.45, 2.75) is 0 Å². The highest BCUT2D eigenvalue weighted by molar-refractivity contribution is 14.1. The van der Waals surface area contributed by atoms with Crippen LogP contribution >= 0.6 is 22.6 Å². The smallest absolute Gasteiger partial charge is 0.269 e. The minimum Gasteiger partial charge on any atom is -0.454 e. The number of hydrogen-bond donors (Lipinski definition) is 0. The van der Waals surface area contributed by atoms with Gasteiger partial charge in [0.1, 0.15) is 5.82 Å². The molecule has 0 radical (unpaired) electrons. The van der Waals surface area contributed by atoms with E-state index in [4.69, 9.17) is 9.47 Å². The molecule has 3 aromatic carbocycles. The number of hydrogen-bond acceptors (Lipinski definition) is 6. The molecule has 4 aromatic rings. The molecule has 0 fully saturated rings. The molecule has 1 aliphatic rings. The quantitative estimate of drug-likeness (QED) is 0.210. The Kier molecular flexibility index (Phi) is 5.10. The largest absolute Gasteiger partial charge is 0.454 e. The molecule has 0 aliphatic carbocycles. The Morgan fingerprint density at radius 2 is 1.78 bits per heavy atom. The number of nitro groups is 1. The van der Waals surface area contributed by atoms with Gasteiger partial charge in [0, 0.05) is 15.7 Å². The first-order valence-electron chi connectivity index (χ1n) is 9.54. The average molecular weight is 539 g/mol. The van der Waals surface area contributed by atoms with Crippen LogP contribution in [0.25, 0.3) is 28.7 Å². The summed E-state index contributed by atoms with van der Waals surface area (Å²) in [5, 5.41) is 11.5. The molecule has 5 rings (SSSR count). The average Bonchev–Trinajstić information content (AvgIpc) is 3.26. The van der Waals surface area contributed by atoms with Gasteiger partial charge in [-0.2, -0.15) is 0 Å². The topological polar surface area (TPSA) is 96.5 Å². The van der Waals surface area contributed by atoms with E-state index in [1.807, 2.05) is 30.3 Å². The molecule has 0 amide bonds. The summed E-state index contributed by atoms with van der Waals surface area (Å²) < 4.78 is 13.1. The third-order valence-electron chi connectivity index (χ3n) is 5.00. The summed E-state index contributed by atoms with van der Waals surface area (Å²) in [5.41, 5.74) is 1.59. The van der Waals surface area contributed by atoms with Crippen molar-refractivity contribution < 1.29 is 14.4 Å². The highest BCUT2D eigenvalue weighted by atomic mass is 127. The van der Waals surface area contributed by atoms with E-state index in [-0.39, 0.29) is 18.0 Å². The van der Waals surface area contributed by atoms with Crippen molar-refractivity contribution in [2.24, 2.45) is 0 Å². The third kappa shape index (κ3) is 3.71. The van der Waals surface area contributed by atoms with Crippen LogP contribution in [0.3, 0.4) is 0 Å². The number of nitro benzene ring substituents is 1. The first-order chi connectivity index (χ1) is 15.5. The Morgan fingerprint density at radius 3 is 2.56 bits per heavy atom. The number of halogens is 1. The molecular formula is C23H14IN3O5. The molecule has 9 heteroatoms. The van der Waals surface area contributed by atoms with Crippen molar-refractivity contribution in [3.8, 4) is 17.2 Å². The minimum atomic E-state index is -0.478. The maximum atomic E-state index is 13.4. The minimum absolute atomic E-state index is 0.0532. The van der Waals surface area contributed by atoms with Crippen molar-refractivity contribution in [2.75, 3.05) is 6.79 Å². The van der Waals surface area contributed by atoms with Gasteiger partial charge in [0.15, 0.2) is 11.5 Å². The Hall–Kier alpha value is -3.73. The summed E-state index contributed by atoms with van der Waals surface area (Å²) in [6.07, 6.45) is 3.56. The normalized spacial score (nSPS) is 12.5. The Bertz CT molecular complexity index is 1460. The van der Waals surface area contributed by atoms with Crippen LogP contribution in [0.15, 0.2) is 65.5 Å². The number of ether oxygens (including phenoxy) is 2. The second kappa shape index (κ2) is 8.08. The van der Waals surface area contributed by atoms with E-state index in [0.29, 0.717) is 33.9 Å². The van der Waals surface area contributed by atoms with E-state index < -0.39 is 4.92 Å². The monoisotopic (exact) mass is 539 g/mol. The van der Waals surface area contributed by atoms with Gasteiger partial charge in [0.25, 0.3) is 11.2 Å². The van der Waals surface area contributed by atoms with Gasteiger partial charge < -0.3 is 9.47 Å². The second-order valence-electron chi connectivity index (χ2n) is 6.99. The predicted molar refractivity (Wildman–Crippen MR) is 128 cm³/mol. The molecule has 1 aromatic heterocycles. The maximum absolute atomic E-state index is 13.4. The fourth-order valence-corrected chi connectivity index (χ4v) is 3.94. The van der Waals surface area contributed by atoms with Crippen molar-refractivity contribution in [1.29, 1.82) is 0 Å². The summed E-state index contributed by atoms with van der Waals surface area (Å²) >= 11 is 2.14. The summed E-state index contributed by atoms with van der Waals surface area (Å²) in [5.74, 6) is 1.74. The molecule has 1 aliphatic heterocycles. The van der Waals surface area contributed by atoms with Crippen LogP contribution in [0.5, 0.6) is 11.5 Å². The van der Waals surface area contributed by atoms with Gasteiger partial charge in [-0.1, -0.05) is 12.1 Å². The standard InChI is InChI=1S/C23H14IN3O5/c24-15-3-8-19-18(12-15)23(28)26(16-4-6-17(7-5-16)27(29)30)22(25-19)10-2-14-1-9-20-21(11-14)32-13-31-20/h1-12H,13H2. The lowest BCUT2D eigenvalue weighted by atomic mass is 10.1. The molecule has 0 spiro atoms. The van der Waals surface area contributed by atoms with E-state index in [1.54, 1.807) is 30.3 Å². The summed E-state index contributed by atoms with van der Waals surface area (Å²) in [7, 11) is 0. The SMILES string of the molecule is O=c1c2cc(I)ccc2nc(C=Cc2ccc3c(c2)OCO3)n1-c1ccc([N+](=O)[O-])cc1. The van der Waals surface area contributed by atoms with Crippen LogP contribution in [-0.2, 0) is 0 Å². The van der Waals surface area contributed by atoms with E-state index in [2.05, 4.69) is 27.6 Å². The predicted octanol–water partition coefficient (Wildman–Crippen LogP) is 4.80. The molecule has 0 N–H and O–H groups in total. The molecule has 0 unspecified atom stereocenters. The highest BCUT2D eigenvalue weighted by Gasteiger charge is 2.15. The van der Waals surface area contributed by atoms with Gasteiger partial charge in [-0.25, -0.2) is 4.98 Å². The van der Waals surface area contributed by atoms with Gasteiger partial charge >= 0.3 is 0 Å². The summed E-state index contributed by atoms with van der Waals surface area (Å²) in [6.45, 7) is 0.188. The highest BCUT2D eigenvalue weighted by Crippen LogP contribution is 2.33. The number of fused-ring (bicyclic) bond motifs is 2. The number of benzene rings is 3. The van der Waals surface area contributed by atoms with Crippen LogP contribution in [0.1, 0.15) is 11.4 Å². The van der Waals surface area contributed by atoms with Crippen molar-refractivity contribution in [3.63, 3.8) is 0 Å². The zero-order valence-electron chi connectivity index (χ0n) is 16.4. The van der Waals surface area contributed by atoms with Crippen LogP contribution in [-0.4, -0.2) is 21.3 Å². The molecule has 0 bridgehead atoms. The van der Waals surface area contributed by atoms with Crippen molar-refractivity contribution in [1.82, 2.24) is 9.55 Å². The number of nitrogens with zero attached hydrogens (tertiary/aromatic N) is 3.